The Morgan fingerprint density at radius 2 is 1.85 bits per heavy atom. The Labute approximate surface area is 160 Å². The van der Waals surface area contributed by atoms with Crippen LogP contribution in [-0.2, 0) is 4.79 Å². The molecule has 1 amide bonds. The zero-order valence-corrected chi connectivity index (χ0v) is 16.7. The fourth-order valence-corrected chi connectivity index (χ4v) is 6.05. The molecule has 1 aromatic heterocycles. The average Bonchev–Trinajstić information content (AvgIpc) is 3.04. The Morgan fingerprint density at radius 1 is 1.19 bits per heavy atom. The van der Waals surface area contributed by atoms with Crippen molar-refractivity contribution in [1.82, 2.24) is 10.3 Å². The Balaban J connectivity index is 1.63. The molecule has 1 heterocycles. The van der Waals surface area contributed by atoms with Crippen molar-refractivity contribution in [2.45, 2.75) is 52.4 Å². The highest BCUT2D eigenvalue weighted by Gasteiger charge is 2.59. The van der Waals surface area contributed by atoms with E-state index in [-0.39, 0.29) is 28.5 Å². The van der Waals surface area contributed by atoms with Crippen LogP contribution < -0.4 is 5.32 Å². The minimum absolute atomic E-state index is 0.0588. The first kappa shape index (κ1) is 18.4. The molecule has 1 N–H and O–H groups in total. The summed E-state index contributed by atoms with van der Waals surface area (Å²) < 4.78 is 13.9. The van der Waals surface area contributed by atoms with E-state index in [4.69, 9.17) is 0 Å². The summed E-state index contributed by atoms with van der Waals surface area (Å²) >= 11 is 0. The highest BCUT2D eigenvalue weighted by molar-refractivity contribution is 5.82. The van der Waals surface area contributed by atoms with Gasteiger partial charge < -0.3 is 5.32 Å². The number of halogens is 1. The van der Waals surface area contributed by atoms with Crippen LogP contribution in [0.25, 0.3) is 10.9 Å². The van der Waals surface area contributed by atoms with Crippen molar-refractivity contribution in [1.29, 1.82) is 0 Å². The number of benzene rings is 1. The summed E-state index contributed by atoms with van der Waals surface area (Å²) in [5.74, 6) is 0.866. The van der Waals surface area contributed by atoms with Gasteiger partial charge in [0.25, 0.3) is 0 Å². The van der Waals surface area contributed by atoms with Crippen molar-refractivity contribution < 1.29 is 9.18 Å². The second-order valence-corrected chi connectivity index (χ2v) is 9.36. The maximum absolute atomic E-state index is 13.9. The number of amides is 1. The monoisotopic (exact) mass is 368 g/mol. The van der Waals surface area contributed by atoms with Gasteiger partial charge in [0.15, 0.2) is 0 Å². The first-order valence-corrected chi connectivity index (χ1v) is 10.0. The molecule has 27 heavy (non-hydrogen) atoms. The van der Waals surface area contributed by atoms with E-state index >= 15 is 0 Å². The molecule has 0 saturated heterocycles. The van der Waals surface area contributed by atoms with E-state index in [2.05, 4.69) is 37.1 Å². The van der Waals surface area contributed by atoms with Crippen LogP contribution in [0.2, 0.25) is 0 Å². The average molecular weight is 368 g/mol. The number of rotatable bonds is 3. The van der Waals surface area contributed by atoms with Gasteiger partial charge in [0, 0.05) is 24.5 Å². The maximum Gasteiger partial charge on any atom is 0.222 e. The van der Waals surface area contributed by atoms with Crippen molar-refractivity contribution in [2.24, 2.45) is 22.7 Å². The Kier molecular flexibility index (Phi) is 4.28. The van der Waals surface area contributed by atoms with E-state index in [1.807, 2.05) is 6.20 Å². The summed E-state index contributed by atoms with van der Waals surface area (Å²) in [4.78, 5) is 16.6. The molecule has 1 aromatic carbocycles. The maximum atomic E-state index is 13.9. The molecule has 4 heteroatoms. The molecular weight excluding hydrogens is 339 g/mol. The van der Waals surface area contributed by atoms with E-state index in [1.165, 1.54) is 11.6 Å². The van der Waals surface area contributed by atoms with Crippen molar-refractivity contribution in [2.75, 3.05) is 7.05 Å². The van der Waals surface area contributed by atoms with Crippen LogP contribution in [0.5, 0.6) is 0 Å². The van der Waals surface area contributed by atoms with Gasteiger partial charge in [-0.3, -0.25) is 9.78 Å². The minimum Gasteiger partial charge on any atom is -0.359 e. The molecule has 2 saturated carbocycles. The fraction of sp³-hybridized carbons (Fsp3) is 0.565. The van der Waals surface area contributed by atoms with Gasteiger partial charge in [-0.15, -0.1) is 0 Å². The molecule has 0 aliphatic heterocycles. The van der Waals surface area contributed by atoms with Crippen LogP contribution in [0.3, 0.4) is 0 Å². The fourth-order valence-electron chi connectivity index (χ4n) is 6.05. The van der Waals surface area contributed by atoms with Gasteiger partial charge in [-0.05, 0) is 78.2 Å². The largest absolute Gasteiger partial charge is 0.359 e. The summed E-state index contributed by atoms with van der Waals surface area (Å²) in [5, 5.41) is 3.76. The molecule has 3 unspecified atom stereocenters. The van der Waals surface area contributed by atoms with Gasteiger partial charge in [-0.2, -0.15) is 0 Å². The zero-order valence-electron chi connectivity index (χ0n) is 16.7. The summed E-state index contributed by atoms with van der Waals surface area (Å²) in [6, 6.07) is 6.96. The number of fused-ring (bicyclic) bond motifs is 2. The van der Waals surface area contributed by atoms with Gasteiger partial charge in [0.2, 0.25) is 5.91 Å². The summed E-state index contributed by atoms with van der Waals surface area (Å²) in [5.41, 5.74) is 2.53. The molecule has 0 spiro atoms. The standard InChI is InChI=1S/C23H29FN2O/c1-14(21(27)25-4)15-10-22(2)12-16(13-23(22,3)11-15)18-7-8-26-20-6-5-17(24)9-19(18)20/h5-9,14-16H,10-13H2,1-4H3,(H,25,27)/t14?,15?,16?,22-,23+. The van der Waals surface area contributed by atoms with Crippen LogP contribution in [0.1, 0.15) is 57.9 Å². The molecule has 0 bridgehead atoms. The van der Waals surface area contributed by atoms with E-state index < -0.39 is 0 Å². The zero-order chi connectivity index (χ0) is 19.4. The number of aromatic nitrogens is 1. The molecule has 144 valence electrons. The van der Waals surface area contributed by atoms with Gasteiger partial charge in [-0.25, -0.2) is 4.39 Å². The summed E-state index contributed by atoms with van der Waals surface area (Å²) in [6.07, 6.45) is 6.22. The topological polar surface area (TPSA) is 42.0 Å². The molecule has 4 rings (SSSR count). The molecule has 3 nitrogen and oxygen atoms in total. The second-order valence-electron chi connectivity index (χ2n) is 9.36. The van der Waals surface area contributed by atoms with Gasteiger partial charge >= 0.3 is 0 Å². The van der Waals surface area contributed by atoms with Crippen LogP contribution in [0, 0.1) is 28.5 Å². The number of hydrogen-bond acceptors (Lipinski definition) is 2. The Bertz CT molecular complexity index is 877. The first-order chi connectivity index (χ1) is 12.8. The highest BCUT2D eigenvalue weighted by Crippen LogP contribution is 2.68. The number of carbonyl (C=O) groups excluding carboxylic acids is 1. The Morgan fingerprint density at radius 3 is 2.48 bits per heavy atom. The van der Waals surface area contributed by atoms with Crippen molar-refractivity contribution in [3.8, 4) is 0 Å². The third-order valence-electron chi connectivity index (χ3n) is 7.82. The van der Waals surface area contributed by atoms with E-state index in [9.17, 15) is 9.18 Å². The van der Waals surface area contributed by atoms with Crippen molar-refractivity contribution >= 4 is 16.8 Å². The molecule has 5 atom stereocenters. The predicted octanol–water partition coefficient (Wildman–Crippen LogP) is 5.06. The van der Waals surface area contributed by atoms with Crippen molar-refractivity contribution in [3.63, 3.8) is 0 Å². The molecule has 2 aliphatic rings. The molecule has 0 radical (unpaired) electrons. The van der Waals surface area contributed by atoms with Gasteiger partial charge in [0.05, 0.1) is 5.52 Å². The number of carbonyl (C=O) groups is 1. The van der Waals surface area contributed by atoms with E-state index in [0.717, 1.165) is 36.6 Å². The third-order valence-corrected chi connectivity index (χ3v) is 7.82. The number of hydrogen-bond donors (Lipinski definition) is 1. The molecule has 2 fully saturated rings. The minimum atomic E-state index is -0.202. The lowest BCUT2D eigenvalue weighted by Crippen LogP contribution is -2.30. The second kappa shape index (κ2) is 6.29. The van der Waals surface area contributed by atoms with Crippen LogP contribution in [0.4, 0.5) is 4.39 Å². The number of nitrogens with zero attached hydrogens (tertiary/aromatic N) is 1. The van der Waals surface area contributed by atoms with Crippen molar-refractivity contribution in [3.05, 3.63) is 41.8 Å². The number of nitrogens with one attached hydrogen (secondary N) is 1. The molecule has 2 aliphatic carbocycles. The molecule has 2 aromatic rings. The molecular formula is C23H29FN2O. The lowest BCUT2D eigenvalue weighted by atomic mass is 9.71. The smallest absolute Gasteiger partial charge is 0.222 e. The Hall–Kier alpha value is -1.97. The quantitative estimate of drug-likeness (QED) is 0.823. The lowest BCUT2D eigenvalue weighted by Gasteiger charge is -2.34. The summed E-state index contributed by atoms with van der Waals surface area (Å²) in [7, 11) is 1.72. The van der Waals surface area contributed by atoms with E-state index in [0.29, 0.717) is 11.8 Å². The normalized spacial score (nSPS) is 33.8. The van der Waals surface area contributed by atoms with Crippen LogP contribution in [0.15, 0.2) is 30.5 Å². The SMILES string of the molecule is CNC(=O)C(C)C1C[C@]2(C)CC(c3ccnc4ccc(F)cc34)C[C@]2(C)C1. The third kappa shape index (κ3) is 2.84. The lowest BCUT2D eigenvalue weighted by molar-refractivity contribution is -0.125. The van der Waals surface area contributed by atoms with Gasteiger partial charge in [-0.1, -0.05) is 20.8 Å². The predicted molar refractivity (Wildman–Crippen MR) is 106 cm³/mol. The summed E-state index contributed by atoms with van der Waals surface area (Å²) in [6.45, 7) is 6.86. The van der Waals surface area contributed by atoms with Gasteiger partial charge in [0.1, 0.15) is 5.82 Å². The van der Waals surface area contributed by atoms with Crippen LogP contribution >= 0.6 is 0 Å². The van der Waals surface area contributed by atoms with Crippen LogP contribution in [-0.4, -0.2) is 17.9 Å². The number of pyridine rings is 1. The van der Waals surface area contributed by atoms with E-state index in [1.54, 1.807) is 19.2 Å². The first-order valence-electron chi connectivity index (χ1n) is 10.0. The highest BCUT2D eigenvalue weighted by atomic mass is 19.1.